The normalized spacial score (nSPS) is 23.8. The molecule has 0 saturated carbocycles. The molecular formula is C20H20F3N5O3. The van der Waals surface area contributed by atoms with Gasteiger partial charge in [-0.25, -0.2) is 28.2 Å². The number of rotatable bonds is 4. The molecule has 0 unspecified atom stereocenters. The van der Waals surface area contributed by atoms with Crippen LogP contribution in [0.15, 0.2) is 30.6 Å². The zero-order valence-corrected chi connectivity index (χ0v) is 16.4. The van der Waals surface area contributed by atoms with Gasteiger partial charge in [0.2, 0.25) is 0 Å². The van der Waals surface area contributed by atoms with Crippen molar-refractivity contribution in [3.05, 3.63) is 53.5 Å². The number of nitrogens with zero attached hydrogens (tertiary/aromatic N) is 4. The van der Waals surface area contributed by atoms with Crippen molar-refractivity contribution in [2.75, 3.05) is 24.6 Å². The van der Waals surface area contributed by atoms with E-state index in [2.05, 4.69) is 9.97 Å². The number of hydroxylamine groups is 2. The van der Waals surface area contributed by atoms with Gasteiger partial charge in [0.15, 0.2) is 0 Å². The molecule has 2 N–H and O–H groups in total. The Morgan fingerprint density at radius 3 is 2.52 bits per heavy atom. The van der Waals surface area contributed by atoms with E-state index in [4.69, 9.17) is 10.6 Å². The molecule has 0 aliphatic carbocycles. The summed E-state index contributed by atoms with van der Waals surface area (Å²) in [7, 11) is 0. The van der Waals surface area contributed by atoms with Crippen LogP contribution in [0.2, 0.25) is 0 Å². The topological polar surface area (TPSA) is 102 Å². The SMILES string of the molecule is NC(=O)c1cc(N2CC[C@H](C(=O)N3OCC[C@@H]3c3cc(F)cc(F)c3)[C@H](F)C2)ncn1. The Bertz CT molecular complexity index is 988. The highest BCUT2D eigenvalue weighted by Crippen LogP contribution is 2.35. The molecule has 8 nitrogen and oxygen atoms in total. The molecular weight excluding hydrogens is 415 g/mol. The lowest BCUT2D eigenvalue weighted by atomic mass is 9.92. The van der Waals surface area contributed by atoms with Crippen LogP contribution in [0.3, 0.4) is 0 Å². The number of carbonyl (C=O) groups excluding carboxylic acids is 2. The number of aromatic nitrogens is 2. The van der Waals surface area contributed by atoms with E-state index in [0.717, 1.165) is 23.3 Å². The van der Waals surface area contributed by atoms with E-state index in [1.54, 1.807) is 4.90 Å². The van der Waals surface area contributed by atoms with Crippen LogP contribution in [0.25, 0.3) is 0 Å². The molecule has 0 bridgehead atoms. The minimum absolute atomic E-state index is 0.00856. The quantitative estimate of drug-likeness (QED) is 0.788. The fourth-order valence-corrected chi connectivity index (χ4v) is 3.97. The summed E-state index contributed by atoms with van der Waals surface area (Å²) in [6.07, 6.45) is 0.143. The molecule has 2 amide bonds. The van der Waals surface area contributed by atoms with Crippen LogP contribution in [0.1, 0.15) is 34.9 Å². The zero-order valence-electron chi connectivity index (χ0n) is 16.4. The van der Waals surface area contributed by atoms with Gasteiger partial charge in [-0.3, -0.25) is 14.4 Å². The van der Waals surface area contributed by atoms with Crippen LogP contribution >= 0.6 is 0 Å². The molecule has 2 saturated heterocycles. The Labute approximate surface area is 175 Å². The maximum Gasteiger partial charge on any atom is 0.267 e. The zero-order chi connectivity index (χ0) is 22.1. The number of nitrogens with two attached hydrogens (primary N) is 1. The summed E-state index contributed by atoms with van der Waals surface area (Å²) >= 11 is 0. The van der Waals surface area contributed by atoms with E-state index in [-0.39, 0.29) is 30.8 Å². The first kappa shape index (κ1) is 21.0. The predicted molar refractivity (Wildman–Crippen MR) is 102 cm³/mol. The number of amides is 2. The largest absolute Gasteiger partial charge is 0.364 e. The Hall–Kier alpha value is -3.21. The molecule has 1 aromatic carbocycles. The van der Waals surface area contributed by atoms with Crippen molar-refractivity contribution in [2.45, 2.75) is 25.1 Å². The van der Waals surface area contributed by atoms with E-state index in [1.165, 1.54) is 12.4 Å². The van der Waals surface area contributed by atoms with Crippen LogP contribution in [-0.4, -0.2) is 52.7 Å². The molecule has 11 heteroatoms. The monoisotopic (exact) mass is 435 g/mol. The van der Waals surface area contributed by atoms with Gasteiger partial charge in [0.1, 0.15) is 35.6 Å². The smallest absolute Gasteiger partial charge is 0.267 e. The summed E-state index contributed by atoms with van der Waals surface area (Å²) in [6, 6.07) is 3.71. The lowest BCUT2D eigenvalue weighted by molar-refractivity contribution is -0.184. The molecule has 0 spiro atoms. The number of benzene rings is 1. The summed E-state index contributed by atoms with van der Waals surface area (Å²) in [6.45, 7) is 0.360. The number of halogens is 3. The Morgan fingerprint density at radius 1 is 1.10 bits per heavy atom. The van der Waals surface area contributed by atoms with E-state index in [9.17, 15) is 18.4 Å². The van der Waals surface area contributed by atoms with Crippen molar-refractivity contribution in [2.24, 2.45) is 11.7 Å². The molecule has 0 radical (unpaired) electrons. The average Bonchev–Trinajstić information content (AvgIpc) is 3.22. The van der Waals surface area contributed by atoms with E-state index in [1.807, 2.05) is 0 Å². The van der Waals surface area contributed by atoms with Gasteiger partial charge in [-0.1, -0.05) is 0 Å². The summed E-state index contributed by atoms with van der Waals surface area (Å²) in [5, 5.41) is 1.04. The molecule has 1 aromatic heterocycles. The highest BCUT2D eigenvalue weighted by Gasteiger charge is 2.42. The second-order valence-electron chi connectivity index (χ2n) is 7.49. The second-order valence-corrected chi connectivity index (χ2v) is 7.49. The highest BCUT2D eigenvalue weighted by molar-refractivity contribution is 5.91. The minimum atomic E-state index is -1.54. The molecule has 31 heavy (non-hydrogen) atoms. The van der Waals surface area contributed by atoms with Gasteiger partial charge < -0.3 is 10.6 Å². The molecule has 164 valence electrons. The van der Waals surface area contributed by atoms with Crippen LogP contribution in [-0.2, 0) is 9.63 Å². The summed E-state index contributed by atoms with van der Waals surface area (Å²) in [5.41, 5.74) is 5.49. The van der Waals surface area contributed by atoms with Gasteiger partial charge in [-0.2, -0.15) is 0 Å². The molecule has 4 rings (SSSR count). The van der Waals surface area contributed by atoms with Crippen molar-refractivity contribution in [3.63, 3.8) is 0 Å². The molecule has 2 aliphatic rings. The lowest BCUT2D eigenvalue weighted by Crippen LogP contribution is -2.49. The number of alkyl halides is 1. The van der Waals surface area contributed by atoms with Gasteiger partial charge in [-0.05, 0) is 24.1 Å². The molecule has 2 aromatic rings. The first-order valence-electron chi connectivity index (χ1n) is 9.76. The third kappa shape index (κ3) is 4.31. The van der Waals surface area contributed by atoms with Crippen LogP contribution in [0.5, 0.6) is 0 Å². The fourth-order valence-electron chi connectivity index (χ4n) is 3.97. The predicted octanol–water partition coefficient (Wildman–Crippen LogP) is 1.92. The first-order valence-corrected chi connectivity index (χ1v) is 9.76. The third-order valence-corrected chi connectivity index (χ3v) is 5.48. The minimum Gasteiger partial charge on any atom is -0.364 e. The first-order chi connectivity index (χ1) is 14.8. The van der Waals surface area contributed by atoms with Gasteiger partial charge in [0.25, 0.3) is 11.8 Å². The van der Waals surface area contributed by atoms with Crippen molar-refractivity contribution in [1.29, 1.82) is 0 Å². The third-order valence-electron chi connectivity index (χ3n) is 5.48. The second kappa shape index (κ2) is 8.50. The molecule has 3 atom stereocenters. The Balaban J connectivity index is 1.47. The van der Waals surface area contributed by atoms with Crippen molar-refractivity contribution in [1.82, 2.24) is 15.0 Å². The average molecular weight is 435 g/mol. The number of anilines is 1. The van der Waals surface area contributed by atoms with Gasteiger partial charge in [0, 0.05) is 25.1 Å². The van der Waals surface area contributed by atoms with Crippen LogP contribution in [0, 0.1) is 17.6 Å². The summed E-state index contributed by atoms with van der Waals surface area (Å²) in [4.78, 5) is 39.1. The van der Waals surface area contributed by atoms with Gasteiger partial charge >= 0.3 is 0 Å². The number of piperidine rings is 1. The van der Waals surface area contributed by atoms with Crippen molar-refractivity contribution < 1.29 is 27.6 Å². The maximum atomic E-state index is 15.0. The Kier molecular flexibility index (Phi) is 5.77. The standard InChI is InChI=1S/C20H20F3N5O3/c21-12-5-11(6-13(22)7-12)17-2-4-31-28(17)20(30)14-1-3-27(9-15(14)23)18-8-16(19(24)29)25-10-26-18/h5-8,10,14-15,17H,1-4,9H2,(H2,24,29)/t14-,15+,17+/m0/s1. The number of hydrogen-bond donors (Lipinski definition) is 1. The van der Waals surface area contributed by atoms with Gasteiger partial charge in [0.05, 0.1) is 25.1 Å². The summed E-state index contributed by atoms with van der Waals surface area (Å²) < 4.78 is 42.2. The van der Waals surface area contributed by atoms with E-state index >= 15 is 4.39 Å². The Morgan fingerprint density at radius 2 is 1.84 bits per heavy atom. The fraction of sp³-hybridized carbons (Fsp3) is 0.400. The summed E-state index contributed by atoms with van der Waals surface area (Å²) in [5.74, 6) is -3.45. The molecule has 3 heterocycles. The molecule has 2 fully saturated rings. The number of hydrogen-bond acceptors (Lipinski definition) is 6. The van der Waals surface area contributed by atoms with Gasteiger partial charge in [-0.15, -0.1) is 0 Å². The lowest BCUT2D eigenvalue weighted by Gasteiger charge is -2.36. The van der Waals surface area contributed by atoms with Crippen molar-refractivity contribution in [3.8, 4) is 0 Å². The van der Waals surface area contributed by atoms with E-state index < -0.39 is 41.6 Å². The van der Waals surface area contributed by atoms with E-state index in [0.29, 0.717) is 18.8 Å². The van der Waals surface area contributed by atoms with Crippen LogP contribution in [0.4, 0.5) is 19.0 Å². The van der Waals surface area contributed by atoms with Crippen LogP contribution < -0.4 is 10.6 Å². The number of primary amides is 1. The molecule has 2 aliphatic heterocycles. The van der Waals surface area contributed by atoms with Crippen molar-refractivity contribution >= 4 is 17.6 Å². The number of carbonyl (C=O) groups is 2. The highest BCUT2D eigenvalue weighted by atomic mass is 19.1. The maximum absolute atomic E-state index is 15.0.